The van der Waals surface area contributed by atoms with Crippen LogP contribution in [0.25, 0.3) is 0 Å². The molecule has 2 N–H and O–H groups in total. The van der Waals surface area contributed by atoms with Gasteiger partial charge in [-0.25, -0.2) is 0 Å². The van der Waals surface area contributed by atoms with E-state index in [1.54, 1.807) is 0 Å². The lowest BCUT2D eigenvalue weighted by Gasteiger charge is -2.41. The van der Waals surface area contributed by atoms with Crippen LogP contribution in [0.15, 0.2) is 24.3 Å². The third-order valence-electron chi connectivity index (χ3n) is 7.44. The summed E-state index contributed by atoms with van der Waals surface area (Å²) in [5, 5.41) is 12.2. The van der Waals surface area contributed by atoms with Gasteiger partial charge in [0.25, 0.3) is 0 Å². The first-order chi connectivity index (χ1) is 16.8. The highest BCUT2D eigenvalue weighted by Gasteiger charge is 2.42. The molecule has 7 nitrogen and oxygen atoms in total. The number of carboxylic acid groups (broad SMARTS) is 1. The van der Waals surface area contributed by atoms with Crippen LogP contribution in [0.4, 0.5) is 0 Å². The topological polar surface area (TPSA) is 95.9 Å². The Hall–Kier alpha value is -2.57. The third-order valence-corrected chi connectivity index (χ3v) is 7.44. The summed E-state index contributed by atoms with van der Waals surface area (Å²) >= 11 is 0. The largest absolute Gasteiger partial charge is 0.491 e. The van der Waals surface area contributed by atoms with E-state index < -0.39 is 11.4 Å². The molecule has 0 unspecified atom stereocenters. The Labute approximate surface area is 209 Å². The van der Waals surface area contributed by atoms with Gasteiger partial charge in [-0.1, -0.05) is 44.9 Å². The Morgan fingerprint density at radius 1 is 1.11 bits per heavy atom. The minimum atomic E-state index is -0.876. The summed E-state index contributed by atoms with van der Waals surface area (Å²) in [5.41, 5.74) is 0.763. The van der Waals surface area contributed by atoms with Crippen molar-refractivity contribution in [2.24, 2.45) is 11.3 Å². The molecule has 1 fully saturated rings. The van der Waals surface area contributed by atoms with Gasteiger partial charge in [0.2, 0.25) is 11.8 Å². The van der Waals surface area contributed by atoms with Crippen LogP contribution in [-0.2, 0) is 20.8 Å². The number of nitrogens with one attached hydrogen (secondary N) is 1. The first kappa shape index (κ1) is 27.0. The molecular weight excluding hydrogens is 444 g/mol. The number of carboxylic acids is 1. The van der Waals surface area contributed by atoms with Gasteiger partial charge < -0.3 is 20.1 Å². The van der Waals surface area contributed by atoms with Gasteiger partial charge in [0.15, 0.2) is 0 Å². The van der Waals surface area contributed by atoms with Gasteiger partial charge in [-0.2, -0.15) is 0 Å². The van der Waals surface area contributed by atoms with Crippen LogP contribution in [0.3, 0.4) is 0 Å². The summed E-state index contributed by atoms with van der Waals surface area (Å²) in [6.45, 7) is 5.87. The lowest BCUT2D eigenvalue weighted by atomic mass is 9.73. The molecule has 0 aliphatic carbocycles. The number of amides is 2. The highest BCUT2D eigenvalue weighted by Crippen LogP contribution is 2.38. The van der Waals surface area contributed by atoms with E-state index in [4.69, 9.17) is 9.84 Å². The Morgan fingerprint density at radius 2 is 1.86 bits per heavy atom. The fourth-order valence-electron chi connectivity index (χ4n) is 5.40. The van der Waals surface area contributed by atoms with Crippen LogP contribution < -0.4 is 10.1 Å². The van der Waals surface area contributed by atoms with Crippen molar-refractivity contribution in [3.05, 3.63) is 29.8 Å². The number of nitrogens with zero attached hydrogens (tertiary/aromatic N) is 1. The maximum absolute atomic E-state index is 13.7. The van der Waals surface area contributed by atoms with Crippen LogP contribution in [-0.4, -0.2) is 53.5 Å². The molecule has 2 aliphatic heterocycles. The van der Waals surface area contributed by atoms with Crippen molar-refractivity contribution < 1.29 is 24.2 Å². The fourth-order valence-corrected chi connectivity index (χ4v) is 5.40. The van der Waals surface area contributed by atoms with Crippen molar-refractivity contribution in [2.75, 3.05) is 19.7 Å². The van der Waals surface area contributed by atoms with Gasteiger partial charge in [0, 0.05) is 25.9 Å². The number of aryl methyl sites for hydroxylation is 1. The molecule has 7 heteroatoms. The summed E-state index contributed by atoms with van der Waals surface area (Å²) in [4.78, 5) is 38.9. The average molecular weight is 487 g/mol. The molecule has 1 aromatic rings. The van der Waals surface area contributed by atoms with Crippen molar-refractivity contribution >= 4 is 17.8 Å². The lowest BCUT2D eigenvalue weighted by molar-refractivity contribution is -0.142. The first-order valence-corrected chi connectivity index (χ1v) is 13.3. The van der Waals surface area contributed by atoms with Gasteiger partial charge in [-0.15, -0.1) is 0 Å². The Balaban J connectivity index is 1.69. The van der Waals surface area contributed by atoms with Crippen molar-refractivity contribution in [3.8, 4) is 5.75 Å². The summed E-state index contributed by atoms with van der Waals surface area (Å²) in [5.74, 6) is 0.557. The predicted octanol–water partition coefficient (Wildman–Crippen LogP) is 4.58. The van der Waals surface area contributed by atoms with E-state index in [9.17, 15) is 14.4 Å². The number of benzene rings is 1. The predicted molar refractivity (Wildman–Crippen MR) is 135 cm³/mol. The molecular formula is C28H42N2O5. The van der Waals surface area contributed by atoms with E-state index in [0.717, 1.165) is 44.3 Å². The van der Waals surface area contributed by atoms with E-state index in [1.165, 1.54) is 5.56 Å². The molecule has 2 aliphatic rings. The van der Waals surface area contributed by atoms with E-state index in [2.05, 4.69) is 31.3 Å². The van der Waals surface area contributed by atoms with Crippen LogP contribution in [0.5, 0.6) is 5.75 Å². The zero-order chi connectivity index (χ0) is 25.3. The molecule has 3 rings (SSSR count). The quantitative estimate of drug-likeness (QED) is 0.614. The standard InChI is InChI=1S/C28H42N2O5/c1-21(2)19-23-20-35-24-11-6-5-10-22(24)9-4-3-7-14-28(27(34)29-23)15-17-30(18-16-28)25(31)12-8-13-26(32)33/h5-6,10-11,21,23H,3-4,7-9,12-20H2,1-2H3,(H,29,34)(H,32,33)/t23-/m0/s1. The maximum Gasteiger partial charge on any atom is 0.303 e. The van der Waals surface area contributed by atoms with Crippen LogP contribution in [0.1, 0.15) is 83.6 Å². The molecule has 1 aromatic carbocycles. The lowest BCUT2D eigenvalue weighted by Crippen LogP contribution is -2.53. The number of hydrogen-bond donors (Lipinski definition) is 2. The van der Waals surface area contributed by atoms with E-state index in [0.29, 0.717) is 44.9 Å². The number of para-hydroxylation sites is 1. The number of piperidine rings is 1. The molecule has 1 spiro atoms. The zero-order valence-electron chi connectivity index (χ0n) is 21.4. The second-order valence-electron chi connectivity index (χ2n) is 10.7. The Bertz CT molecular complexity index is 861. The Morgan fingerprint density at radius 3 is 2.57 bits per heavy atom. The SMILES string of the molecule is CC(C)C[C@H]1COc2ccccc2CCCCCC2(CCN(C(=O)CCCC(=O)O)CC2)C(=O)N1. The highest BCUT2D eigenvalue weighted by atomic mass is 16.5. The molecule has 0 aromatic heterocycles. The Kier molecular flexibility index (Phi) is 9.99. The van der Waals surface area contributed by atoms with Crippen LogP contribution >= 0.6 is 0 Å². The minimum Gasteiger partial charge on any atom is -0.491 e. The minimum absolute atomic E-state index is 0.00463. The molecule has 2 heterocycles. The van der Waals surface area contributed by atoms with Gasteiger partial charge in [0.05, 0.1) is 11.5 Å². The molecule has 0 radical (unpaired) electrons. The number of likely N-dealkylation sites (tertiary alicyclic amines) is 1. The highest BCUT2D eigenvalue weighted by molar-refractivity contribution is 5.84. The molecule has 0 bridgehead atoms. The number of rotatable bonds is 6. The molecule has 35 heavy (non-hydrogen) atoms. The fraction of sp³-hybridized carbons (Fsp3) is 0.679. The van der Waals surface area contributed by atoms with E-state index >= 15 is 0 Å². The molecule has 1 saturated heterocycles. The maximum atomic E-state index is 13.7. The third kappa shape index (κ3) is 7.97. The van der Waals surface area contributed by atoms with E-state index in [1.807, 2.05) is 17.0 Å². The second kappa shape index (κ2) is 12.9. The van der Waals surface area contributed by atoms with Crippen LogP contribution in [0, 0.1) is 11.3 Å². The van der Waals surface area contributed by atoms with Gasteiger partial charge in [-0.3, -0.25) is 14.4 Å². The van der Waals surface area contributed by atoms with Crippen molar-refractivity contribution in [1.29, 1.82) is 0 Å². The summed E-state index contributed by atoms with van der Waals surface area (Å²) < 4.78 is 6.23. The molecule has 194 valence electrons. The van der Waals surface area contributed by atoms with Crippen LogP contribution in [0.2, 0.25) is 0 Å². The number of aliphatic carboxylic acids is 1. The van der Waals surface area contributed by atoms with Crippen molar-refractivity contribution in [1.82, 2.24) is 10.2 Å². The smallest absolute Gasteiger partial charge is 0.303 e. The molecule has 2 amide bonds. The molecule has 1 atom stereocenters. The monoisotopic (exact) mass is 486 g/mol. The molecule has 0 saturated carbocycles. The average Bonchev–Trinajstić information content (AvgIpc) is 2.83. The van der Waals surface area contributed by atoms with Gasteiger partial charge >= 0.3 is 5.97 Å². The second-order valence-corrected chi connectivity index (χ2v) is 10.7. The first-order valence-electron chi connectivity index (χ1n) is 13.3. The van der Waals surface area contributed by atoms with Crippen molar-refractivity contribution in [3.63, 3.8) is 0 Å². The zero-order valence-corrected chi connectivity index (χ0v) is 21.4. The number of hydrogen-bond acceptors (Lipinski definition) is 4. The van der Waals surface area contributed by atoms with Gasteiger partial charge in [0.1, 0.15) is 12.4 Å². The normalized spacial score (nSPS) is 21.2. The van der Waals surface area contributed by atoms with Gasteiger partial charge in [-0.05, 0) is 62.5 Å². The number of fused-ring (bicyclic) bond motifs is 1. The number of carbonyl (C=O) groups excluding carboxylic acids is 2. The summed E-state index contributed by atoms with van der Waals surface area (Å²) in [6, 6.07) is 8.14. The number of ether oxygens (including phenoxy) is 1. The van der Waals surface area contributed by atoms with Crippen molar-refractivity contribution in [2.45, 2.75) is 90.5 Å². The number of carbonyl (C=O) groups is 3. The summed E-state index contributed by atoms with van der Waals surface area (Å²) in [6.07, 6.45) is 7.66. The van der Waals surface area contributed by atoms with E-state index in [-0.39, 0.29) is 30.7 Å². The summed E-state index contributed by atoms with van der Waals surface area (Å²) in [7, 11) is 0.